The lowest BCUT2D eigenvalue weighted by Crippen LogP contribution is -2.51. The highest BCUT2D eigenvalue weighted by molar-refractivity contribution is 8.01. The lowest BCUT2D eigenvalue weighted by molar-refractivity contribution is -0.138. The van der Waals surface area contributed by atoms with Crippen molar-refractivity contribution in [1.29, 1.82) is 0 Å². The van der Waals surface area contributed by atoms with Gasteiger partial charge in [-0.25, -0.2) is 0 Å². The van der Waals surface area contributed by atoms with Crippen LogP contribution in [0.5, 0.6) is 0 Å². The van der Waals surface area contributed by atoms with Crippen molar-refractivity contribution in [3.05, 3.63) is 29.3 Å². The Morgan fingerprint density at radius 3 is 2.85 bits per heavy atom. The molecule has 1 aliphatic rings. The topological polar surface area (TPSA) is 101 Å². The maximum absolute atomic E-state index is 12.5. The van der Waals surface area contributed by atoms with Crippen LogP contribution in [0, 0.1) is 13.8 Å². The number of carbonyl (C=O) groups is 2. The molecular weight excluding hydrogens is 382 g/mol. The molecule has 144 valence electrons. The van der Waals surface area contributed by atoms with Crippen LogP contribution in [0.1, 0.15) is 30.4 Å². The third-order valence-corrected chi connectivity index (χ3v) is 6.59. The maximum Gasteiger partial charge on any atom is 0.240 e. The van der Waals surface area contributed by atoms with Crippen LogP contribution >= 0.6 is 23.1 Å². The molecule has 0 bridgehead atoms. The Labute approximate surface area is 166 Å². The SMILES string of the molecule is Cc1ccc(Nc2nnc(SCC(=O)N3CCCC[C@H]3C(N)=O)s2)cc1C. The van der Waals surface area contributed by atoms with Crippen LogP contribution in [-0.4, -0.2) is 45.3 Å². The number of carbonyl (C=O) groups excluding carboxylic acids is 2. The molecule has 27 heavy (non-hydrogen) atoms. The van der Waals surface area contributed by atoms with Gasteiger partial charge in [-0.05, 0) is 56.4 Å². The van der Waals surface area contributed by atoms with E-state index in [4.69, 9.17) is 5.73 Å². The Hall–Kier alpha value is -2.13. The molecule has 0 aliphatic carbocycles. The Morgan fingerprint density at radius 2 is 2.11 bits per heavy atom. The van der Waals surface area contributed by atoms with Crippen LogP contribution in [-0.2, 0) is 9.59 Å². The lowest BCUT2D eigenvalue weighted by atomic mass is 10.0. The maximum atomic E-state index is 12.5. The number of piperidine rings is 1. The largest absolute Gasteiger partial charge is 0.368 e. The Balaban J connectivity index is 1.56. The smallest absolute Gasteiger partial charge is 0.240 e. The average Bonchev–Trinajstić information content (AvgIpc) is 3.10. The highest BCUT2D eigenvalue weighted by Gasteiger charge is 2.30. The summed E-state index contributed by atoms with van der Waals surface area (Å²) < 4.78 is 0.710. The van der Waals surface area contributed by atoms with E-state index >= 15 is 0 Å². The molecule has 9 heteroatoms. The zero-order valence-corrected chi connectivity index (χ0v) is 17.0. The highest BCUT2D eigenvalue weighted by Crippen LogP contribution is 2.29. The van der Waals surface area contributed by atoms with Crippen LogP contribution in [0.15, 0.2) is 22.5 Å². The molecule has 2 aromatic rings. The number of nitrogens with two attached hydrogens (primary N) is 1. The second-order valence-electron chi connectivity index (χ2n) is 6.59. The summed E-state index contributed by atoms with van der Waals surface area (Å²) in [5, 5.41) is 12.2. The van der Waals surface area contributed by atoms with Crippen molar-refractivity contribution >= 4 is 45.7 Å². The number of nitrogens with zero attached hydrogens (tertiary/aromatic N) is 3. The monoisotopic (exact) mass is 405 g/mol. The summed E-state index contributed by atoms with van der Waals surface area (Å²) in [7, 11) is 0. The molecular formula is C18H23N5O2S2. The minimum atomic E-state index is -0.483. The van der Waals surface area contributed by atoms with E-state index in [1.54, 1.807) is 4.90 Å². The minimum absolute atomic E-state index is 0.0811. The van der Waals surface area contributed by atoms with Crippen molar-refractivity contribution in [3.8, 4) is 0 Å². The molecule has 1 atom stereocenters. The van der Waals surface area contributed by atoms with E-state index in [0.717, 1.165) is 18.5 Å². The Bertz CT molecular complexity index is 839. The molecule has 2 amide bonds. The first-order valence-corrected chi connectivity index (χ1v) is 10.6. The van der Waals surface area contributed by atoms with Gasteiger partial charge in [-0.2, -0.15) is 0 Å². The highest BCUT2D eigenvalue weighted by atomic mass is 32.2. The number of aryl methyl sites for hydroxylation is 2. The van der Waals surface area contributed by atoms with Crippen molar-refractivity contribution in [2.24, 2.45) is 5.73 Å². The molecule has 2 heterocycles. The van der Waals surface area contributed by atoms with Gasteiger partial charge in [0.05, 0.1) is 5.75 Å². The molecule has 1 saturated heterocycles. The average molecular weight is 406 g/mol. The normalized spacial score (nSPS) is 17.0. The van der Waals surface area contributed by atoms with E-state index in [1.807, 2.05) is 6.07 Å². The van der Waals surface area contributed by atoms with Gasteiger partial charge in [-0.15, -0.1) is 10.2 Å². The molecule has 1 aromatic heterocycles. The van der Waals surface area contributed by atoms with Gasteiger partial charge in [0, 0.05) is 12.2 Å². The molecule has 0 spiro atoms. The lowest BCUT2D eigenvalue weighted by Gasteiger charge is -2.33. The van der Waals surface area contributed by atoms with Gasteiger partial charge in [0.15, 0.2) is 4.34 Å². The summed E-state index contributed by atoms with van der Waals surface area (Å²) in [6.45, 7) is 4.72. The van der Waals surface area contributed by atoms with Crippen LogP contribution < -0.4 is 11.1 Å². The van der Waals surface area contributed by atoms with Crippen molar-refractivity contribution in [2.75, 3.05) is 17.6 Å². The van der Waals surface area contributed by atoms with Crippen LogP contribution in [0.3, 0.4) is 0 Å². The second-order valence-corrected chi connectivity index (χ2v) is 8.79. The molecule has 0 saturated carbocycles. The second kappa shape index (κ2) is 8.71. The van der Waals surface area contributed by atoms with Gasteiger partial charge in [0.1, 0.15) is 6.04 Å². The van der Waals surface area contributed by atoms with Crippen molar-refractivity contribution < 1.29 is 9.59 Å². The van der Waals surface area contributed by atoms with Gasteiger partial charge in [-0.3, -0.25) is 9.59 Å². The number of likely N-dealkylation sites (tertiary alicyclic amines) is 1. The van der Waals surface area contributed by atoms with E-state index < -0.39 is 11.9 Å². The molecule has 1 fully saturated rings. The number of amides is 2. The van der Waals surface area contributed by atoms with E-state index in [-0.39, 0.29) is 11.7 Å². The van der Waals surface area contributed by atoms with Crippen LogP contribution in [0.25, 0.3) is 0 Å². The summed E-state index contributed by atoms with van der Waals surface area (Å²) in [6.07, 6.45) is 2.48. The van der Waals surface area contributed by atoms with Crippen LogP contribution in [0.2, 0.25) is 0 Å². The van der Waals surface area contributed by atoms with Gasteiger partial charge in [-0.1, -0.05) is 29.2 Å². The minimum Gasteiger partial charge on any atom is -0.368 e. The van der Waals surface area contributed by atoms with Crippen molar-refractivity contribution in [2.45, 2.75) is 43.5 Å². The Morgan fingerprint density at radius 1 is 1.30 bits per heavy atom. The van der Waals surface area contributed by atoms with Crippen LogP contribution in [0.4, 0.5) is 10.8 Å². The molecule has 0 unspecified atom stereocenters. The van der Waals surface area contributed by atoms with E-state index in [9.17, 15) is 9.59 Å². The fourth-order valence-electron chi connectivity index (χ4n) is 2.99. The van der Waals surface area contributed by atoms with E-state index in [0.29, 0.717) is 22.4 Å². The number of rotatable bonds is 6. The molecule has 1 aromatic carbocycles. The van der Waals surface area contributed by atoms with Gasteiger partial charge >= 0.3 is 0 Å². The van der Waals surface area contributed by atoms with E-state index in [1.165, 1.54) is 34.2 Å². The zero-order chi connectivity index (χ0) is 19.4. The Kier molecular flexibility index (Phi) is 6.33. The first-order valence-electron chi connectivity index (χ1n) is 8.83. The number of benzene rings is 1. The van der Waals surface area contributed by atoms with Gasteiger partial charge in [0.2, 0.25) is 16.9 Å². The van der Waals surface area contributed by atoms with Crippen molar-refractivity contribution in [3.63, 3.8) is 0 Å². The number of hydrogen-bond acceptors (Lipinski definition) is 7. The molecule has 0 radical (unpaired) electrons. The van der Waals surface area contributed by atoms with Gasteiger partial charge in [0.25, 0.3) is 0 Å². The first-order chi connectivity index (χ1) is 12.9. The third kappa shape index (κ3) is 4.98. The summed E-state index contributed by atoms with van der Waals surface area (Å²) in [5.74, 6) is -0.284. The summed E-state index contributed by atoms with van der Waals surface area (Å²) in [5.41, 5.74) is 8.83. The summed E-state index contributed by atoms with van der Waals surface area (Å²) in [6, 6.07) is 5.64. The number of thioether (sulfide) groups is 1. The summed E-state index contributed by atoms with van der Waals surface area (Å²) in [4.78, 5) is 25.7. The molecule has 1 aliphatic heterocycles. The quantitative estimate of drug-likeness (QED) is 0.717. The standard InChI is InChI=1S/C18H23N5O2S2/c1-11-6-7-13(9-12(11)2)20-17-21-22-18(27-17)26-10-15(24)23-8-4-3-5-14(23)16(19)25/h6-7,9,14H,3-5,8,10H2,1-2H3,(H2,19,25)(H,20,21)/t14-/m0/s1. The fourth-order valence-corrected chi connectivity index (χ4v) is 4.65. The van der Waals surface area contributed by atoms with Crippen molar-refractivity contribution in [1.82, 2.24) is 15.1 Å². The number of hydrogen-bond donors (Lipinski definition) is 2. The molecule has 3 rings (SSSR count). The third-order valence-electron chi connectivity index (χ3n) is 4.64. The first kappa shape index (κ1) is 19.6. The number of aromatic nitrogens is 2. The van der Waals surface area contributed by atoms with E-state index in [2.05, 4.69) is 41.5 Å². The number of nitrogens with one attached hydrogen (secondary N) is 1. The summed E-state index contributed by atoms with van der Waals surface area (Å²) >= 11 is 2.74. The number of primary amides is 1. The molecule has 3 N–H and O–H groups in total. The number of anilines is 2. The molecule has 7 nitrogen and oxygen atoms in total. The van der Waals surface area contributed by atoms with Gasteiger partial charge < -0.3 is 16.0 Å². The predicted molar refractivity (Wildman–Crippen MR) is 108 cm³/mol. The fraction of sp³-hybridized carbons (Fsp3) is 0.444. The predicted octanol–water partition coefficient (Wildman–Crippen LogP) is 2.86. The zero-order valence-electron chi connectivity index (χ0n) is 15.4.